The minimum Gasteiger partial charge on any atom is -0.444 e. The van der Waals surface area contributed by atoms with Crippen LogP contribution in [0, 0.1) is 0 Å². The molecule has 3 heterocycles. The maximum absolute atomic E-state index is 13.2. The minimum atomic E-state index is -0.642. The topological polar surface area (TPSA) is 143 Å². The fraction of sp³-hybridized carbons (Fsp3) is 0.457. The fourth-order valence-corrected chi connectivity index (χ4v) is 5.38. The van der Waals surface area contributed by atoms with Crippen molar-refractivity contribution in [1.82, 2.24) is 24.8 Å². The third kappa shape index (κ3) is 8.49. The summed E-state index contributed by atoms with van der Waals surface area (Å²) in [4.78, 5) is 54.2. The molecular weight excluding hydrogens is 600 g/mol. The number of H-pyrrole nitrogens is 1. The van der Waals surface area contributed by atoms with Gasteiger partial charge in [-0.25, -0.2) is 19.6 Å². The monoisotopic (exact) mass is 644 g/mol. The number of nitrogens with one attached hydrogen (secondary N) is 2. The van der Waals surface area contributed by atoms with Crippen molar-refractivity contribution in [3.8, 4) is 22.8 Å². The number of hydrogen-bond acceptors (Lipinski definition) is 8. The number of anilines is 1. The third-order valence-electron chi connectivity index (χ3n) is 7.37. The largest absolute Gasteiger partial charge is 0.444 e. The highest BCUT2D eigenvalue weighted by atomic mass is 16.6. The Morgan fingerprint density at radius 1 is 1.04 bits per heavy atom. The van der Waals surface area contributed by atoms with Gasteiger partial charge in [-0.1, -0.05) is 13.0 Å². The quantitative estimate of drug-likeness (QED) is 0.202. The summed E-state index contributed by atoms with van der Waals surface area (Å²) < 4.78 is 17.2. The summed E-state index contributed by atoms with van der Waals surface area (Å²) in [6, 6.07) is 12.4. The number of ether oxygens (including phenoxy) is 2. The second kappa shape index (κ2) is 13.5. The van der Waals surface area contributed by atoms with E-state index in [0.717, 1.165) is 29.4 Å². The standard InChI is InChI=1S/C35H44N6O6/c1-8-16-40(32(43)46-34(2,3)4)21-29-38-25-15-14-22(19-26(25)39-29)28-20-36-31(45-28)23-11-9-12-24(18-23)37-30(42)27-13-10-17-41(27)33(44)47-35(5,6)7/h9,11-12,14-15,18-20,27H,8,10,13,16-17,21H2,1-7H3,(H,37,42)(H,38,39)/t27-/m0/s1. The van der Waals surface area contributed by atoms with Gasteiger partial charge in [-0.05, 0) is 97.2 Å². The van der Waals surface area contributed by atoms with Crippen LogP contribution in [0.15, 0.2) is 53.1 Å². The first-order valence-corrected chi connectivity index (χ1v) is 16.0. The lowest BCUT2D eigenvalue weighted by Gasteiger charge is -2.28. The molecule has 1 fully saturated rings. The van der Waals surface area contributed by atoms with Gasteiger partial charge in [0.1, 0.15) is 23.1 Å². The van der Waals surface area contributed by atoms with Crippen molar-refractivity contribution in [3.05, 3.63) is 54.5 Å². The van der Waals surface area contributed by atoms with Crippen LogP contribution in [0.2, 0.25) is 0 Å². The predicted molar refractivity (Wildman–Crippen MR) is 179 cm³/mol. The van der Waals surface area contributed by atoms with Crippen LogP contribution >= 0.6 is 0 Å². The number of rotatable bonds is 8. The van der Waals surface area contributed by atoms with E-state index in [0.29, 0.717) is 54.8 Å². The summed E-state index contributed by atoms with van der Waals surface area (Å²) in [5.74, 6) is 1.34. The van der Waals surface area contributed by atoms with Gasteiger partial charge in [-0.15, -0.1) is 0 Å². The number of hydrogen-bond donors (Lipinski definition) is 2. The van der Waals surface area contributed by atoms with E-state index < -0.39 is 23.3 Å². The highest BCUT2D eigenvalue weighted by Crippen LogP contribution is 2.30. The lowest BCUT2D eigenvalue weighted by molar-refractivity contribution is -0.120. The van der Waals surface area contributed by atoms with Crippen LogP contribution in [0.25, 0.3) is 33.8 Å². The summed E-state index contributed by atoms with van der Waals surface area (Å²) in [5, 5.41) is 2.94. The van der Waals surface area contributed by atoms with Crippen LogP contribution in [-0.4, -0.2) is 73.2 Å². The first-order chi connectivity index (χ1) is 22.2. The summed E-state index contributed by atoms with van der Waals surface area (Å²) in [7, 11) is 0. The van der Waals surface area contributed by atoms with Crippen molar-refractivity contribution < 1.29 is 28.3 Å². The molecule has 0 unspecified atom stereocenters. The fourth-order valence-electron chi connectivity index (χ4n) is 5.38. The van der Waals surface area contributed by atoms with Crippen molar-refractivity contribution in [1.29, 1.82) is 0 Å². The number of nitrogens with zero attached hydrogens (tertiary/aromatic N) is 4. The van der Waals surface area contributed by atoms with Crippen molar-refractivity contribution in [2.75, 3.05) is 18.4 Å². The molecule has 2 aromatic carbocycles. The van der Waals surface area contributed by atoms with Crippen LogP contribution < -0.4 is 5.32 Å². The Morgan fingerprint density at radius 3 is 2.53 bits per heavy atom. The molecule has 12 nitrogen and oxygen atoms in total. The van der Waals surface area contributed by atoms with Gasteiger partial charge in [0.15, 0.2) is 5.76 Å². The summed E-state index contributed by atoms with van der Waals surface area (Å²) >= 11 is 0. The van der Waals surface area contributed by atoms with E-state index in [1.54, 1.807) is 44.0 Å². The molecule has 0 bridgehead atoms. The Morgan fingerprint density at radius 2 is 1.81 bits per heavy atom. The van der Waals surface area contributed by atoms with Gasteiger partial charge >= 0.3 is 12.2 Å². The SMILES string of the molecule is CCCN(Cc1nc2ccc(-c3cnc(-c4cccc(NC(=O)[C@@H]5CCCN5C(=O)OC(C)(C)C)c4)o3)cc2[nH]1)C(=O)OC(C)(C)C. The van der Waals surface area contributed by atoms with E-state index in [4.69, 9.17) is 13.9 Å². The first-order valence-electron chi connectivity index (χ1n) is 16.0. The van der Waals surface area contributed by atoms with Crippen LogP contribution in [0.5, 0.6) is 0 Å². The average molecular weight is 645 g/mol. The lowest BCUT2D eigenvalue weighted by Crippen LogP contribution is -2.45. The van der Waals surface area contributed by atoms with E-state index >= 15 is 0 Å². The maximum Gasteiger partial charge on any atom is 0.410 e. The number of carbonyl (C=O) groups excluding carboxylic acids is 3. The second-order valence-corrected chi connectivity index (χ2v) is 13.7. The van der Waals surface area contributed by atoms with Crippen LogP contribution in [0.1, 0.15) is 73.6 Å². The molecule has 2 N–H and O–H groups in total. The number of aromatic amines is 1. The third-order valence-corrected chi connectivity index (χ3v) is 7.37. The average Bonchev–Trinajstić information content (AvgIpc) is 3.74. The zero-order valence-electron chi connectivity index (χ0n) is 28.2. The molecule has 0 radical (unpaired) electrons. The normalized spacial score (nSPS) is 15.1. The molecule has 1 aliphatic heterocycles. The van der Waals surface area contributed by atoms with Crippen LogP contribution in [-0.2, 0) is 20.8 Å². The highest BCUT2D eigenvalue weighted by Gasteiger charge is 2.36. The minimum absolute atomic E-state index is 0.269. The Labute approximate surface area is 274 Å². The Bertz CT molecular complexity index is 1750. The van der Waals surface area contributed by atoms with Crippen LogP contribution in [0.3, 0.4) is 0 Å². The van der Waals surface area contributed by atoms with Gasteiger partial charge in [0.2, 0.25) is 11.8 Å². The maximum atomic E-state index is 13.2. The molecule has 1 saturated heterocycles. The highest BCUT2D eigenvalue weighted by molar-refractivity contribution is 5.97. The zero-order valence-corrected chi connectivity index (χ0v) is 28.2. The summed E-state index contributed by atoms with van der Waals surface area (Å²) in [6.07, 6.45) is 2.88. The number of benzene rings is 2. The van der Waals surface area contributed by atoms with Crippen LogP contribution in [0.4, 0.5) is 15.3 Å². The molecule has 5 rings (SSSR count). The second-order valence-electron chi connectivity index (χ2n) is 13.7. The molecule has 0 aliphatic carbocycles. The molecular formula is C35H44N6O6. The number of likely N-dealkylation sites (tertiary alicyclic amines) is 1. The molecule has 3 amide bonds. The molecule has 0 spiro atoms. The first kappa shape index (κ1) is 33.5. The van der Waals surface area contributed by atoms with E-state index in [9.17, 15) is 14.4 Å². The van der Waals surface area contributed by atoms with Crippen molar-refractivity contribution in [2.24, 2.45) is 0 Å². The number of aromatic nitrogens is 3. The lowest BCUT2D eigenvalue weighted by atomic mass is 10.1. The van der Waals surface area contributed by atoms with Gasteiger partial charge < -0.3 is 29.1 Å². The van der Waals surface area contributed by atoms with Gasteiger partial charge in [0.25, 0.3) is 0 Å². The number of amides is 3. The van der Waals surface area contributed by atoms with E-state index in [2.05, 4.69) is 20.3 Å². The molecule has 1 atom stereocenters. The van der Waals surface area contributed by atoms with Gasteiger partial charge in [-0.3, -0.25) is 9.69 Å². The number of imidazole rings is 1. The molecule has 1 aliphatic rings. The number of oxazole rings is 1. The summed E-state index contributed by atoms with van der Waals surface area (Å²) in [5.41, 5.74) is 2.39. The molecule has 0 saturated carbocycles. The summed E-state index contributed by atoms with van der Waals surface area (Å²) in [6.45, 7) is 14.3. The van der Waals surface area contributed by atoms with Gasteiger partial charge in [0.05, 0.1) is 23.8 Å². The van der Waals surface area contributed by atoms with E-state index in [1.165, 1.54) is 4.90 Å². The molecule has 47 heavy (non-hydrogen) atoms. The molecule has 12 heteroatoms. The molecule has 4 aromatic rings. The zero-order chi connectivity index (χ0) is 33.9. The van der Waals surface area contributed by atoms with Crippen molar-refractivity contribution in [3.63, 3.8) is 0 Å². The van der Waals surface area contributed by atoms with Gasteiger partial charge in [0, 0.05) is 29.9 Å². The predicted octanol–water partition coefficient (Wildman–Crippen LogP) is 7.37. The Kier molecular flexibility index (Phi) is 9.60. The smallest absolute Gasteiger partial charge is 0.410 e. The van der Waals surface area contributed by atoms with E-state index in [-0.39, 0.29) is 12.0 Å². The van der Waals surface area contributed by atoms with E-state index in [1.807, 2.05) is 58.0 Å². The number of fused-ring (bicyclic) bond motifs is 1. The van der Waals surface area contributed by atoms with Crippen molar-refractivity contribution in [2.45, 2.75) is 91.5 Å². The molecule has 2 aromatic heterocycles. The van der Waals surface area contributed by atoms with Gasteiger partial charge in [-0.2, -0.15) is 0 Å². The Hall–Kier alpha value is -4.87. The molecule has 250 valence electrons. The number of carbonyl (C=O) groups is 3. The van der Waals surface area contributed by atoms with Crippen molar-refractivity contribution >= 4 is 34.8 Å². The Balaban J connectivity index is 1.28.